The Balaban J connectivity index is 0.000000771. The lowest BCUT2D eigenvalue weighted by atomic mass is 9.80. The van der Waals surface area contributed by atoms with Gasteiger partial charge in [0.05, 0.1) is 0 Å². The van der Waals surface area contributed by atoms with Gasteiger partial charge in [-0.3, -0.25) is 4.90 Å². The smallest absolute Gasteiger partial charge is 0.0479 e. The number of likely N-dealkylation sites (tertiary alicyclic amines) is 1. The maximum Gasteiger partial charge on any atom is 0.0479 e. The van der Waals surface area contributed by atoms with E-state index in [0.29, 0.717) is 0 Å². The highest BCUT2D eigenvalue weighted by atomic mass is 15.2. The van der Waals surface area contributed by atoms with Crippen LogP contribution in [0.5, 0.6) is 0 Å². The summed E-state index contributed by atoms with van der Waals surface area (Å²) in [6.07, 6.45) is 2.45. The van der Waals surface area contributed by atoms with Crippen molar-refractivity contribution in [2.75, 3.05) is 34.2 Å². The molecule has 0 aromatic heterocycles. The molecule has 0 spiro atoms. The zero-order valence-corrected chi connectivity index (χ0v) is 12.6. The van der Waals surface area contributed by atoms with E-state index in [4.69, 9.17) is 0 Å². The Morgan fingerprint density at radius 1 is 1.00 bits per heavy atom. The van der Waals surface area contributed by atoms with Crippen LogP contribution < -0.4 is 0 Å². The Morgan fingerprint density at radius 2 is 1.50 bits per heavy atom. The topological polar surface area (TPSA) is 6.48 Å². The van der Waals surface area contributed by atoms with Gasteiger partial charge in [0.1, 0.15) is 0 Å². The minimum Gasteiger partial charge on any atom is -0.306 e. The summed E-state index contributed by atoms with van der Waals surface area (Å²) in [5.41, 5.74) is 1.71. The van der Waals surface area contributed by atoms with E-state index in [1.165, 1.54) is 31.5 Å². The Morgan fingerprint density at radius 3 is 1.94 bits per heavy atom. The van der Waals surface area contributed by atoms with Crippen LogP contribution in [0.2, 0.25) is 0 Å². The maximum atomic E-state index is 2.42. The van der Waals surface area contributed by atoms with E-state index in [1.54, 1.807) is 0 Å². The number of nitrogens with zero attached hydrogens (tertiary/aromatic N) is 2. The molecule has 18 heavy (non-hydrogen) atoms. The van der Waals surface area contributed by atoms with Crippen molar-refractivity contribution in [3.63, 3.8) is 0 Å². The van der Waals surface area contributed by atoms with Crippen molar-refractivity contribution in [1.29, 1.82) is 0 Å². The van der Waals surface area contributed by atoms with Gasteiger partial charge in [-0.15, -0.1) is 0 Å². The average Bonchev–Trinajstić information content (AvgIpc) is 2.43. The molecule has 0 atom stereocenters. The van der Waals surface area contributed by atoms with Crippen LogP contribution in [0.25, 0.3) is 0 Å². The Hall–Kier alpha value is -0.860. The Bertz CT molecular complexity index is 324. The van der Waals surface area contributed by atoms with E-state index in [1.807, 2.05) is 13.8 Å². The molecule has 0 saturated carbocycles. The second-order valence-electron chi connectivity index (χ2n) is 5.10. The van der Waals surface area contributed by atoms with Crippen LogP contribution in [-0.4, -0.2) is 44.0 Å². The molecule has 0 aliphatic carbocycles. The minimum absolute atomic E-state index is 0.244. The highest BCUT2D eigenvalue weighted by molar-refractivity contribution is 5.25. The number of rotatable bonds is 2. The fraction of sp³-hybridized carbons (Fsp3) is 0.625. The fourth-order valence-electron chi connectivity index (χ4n) is 2.73. The summed E-state index contributed by atoms with van der Waals surface area (Å²) in [6, 6.07) is 10.9. The maximum absolute atomic E-state index is 2.42. The second kappa shape index (κ2) is 6.91. The van der Waals surface area contributed by atoms with E-state index in [2.05, 4.69) is 61.3 Å². The van der Waals surface area contributed by atoms with E-state index in [9.17, 15) is 0 Å². The number of benzene rings is 1. The van der Waals surface area contributed by atoms with Crippen molar-refractivity contribution >= 4 is 0 Å². The van der Waals surface area contributed by atoms with Crippen molar-refractivity contribution in [3.8, 4) is 0 Å². The zero-order chi connectivity index (χ0) is 13.6. The lowest BCUT2D eigenvalue weighted by molar-refractivity contribution is 0.0643. The van der Waals surface area contributed by atoms with Crippen LogP contribution >= 0.6 is 0 Å². The van der Waals surface area contributed by atoms with Crippen molar-refractivity contribution in [2.24, 2.45) is 0 Å². The van der Waals surface area contributed by atoms with Crippen LogP contribution in [0.4, 0.5) is 0 Å². The van der Waals surface area contributed by atoms with Crippen LogP contribution in [0.15, 0.2) is 30.3 Å². The molecule has 2 rings (SSSR count). The molecule has 0 N–H and O–H groups in total. The Kier molecular flexibility index (Phi) is 5.83. The first-order valence-corrected chi connectivity index (χ1v) is 7.07. The van der Waals surface area contributed by atoms with Gasteiger partial charge in [0.15, 0.2) is 0 Å². The quantitative estimate of drug-likeness (QED) is 0.793. The molecule has 0 radical (unpaired) electrons. The van der Waals surface area contributed by atoms with E-state index >= 15 is 0 Å². The summed E-state index contributed by atoms with van der Waals surface area (Å²) < 4.78 is 0. The molecule has 1 fully saturated rings. The monoisotopic (exact) mass is 248 g/mol. The van der Waals surface area contributed by atoms with E-state index < -0.39 is 0 Å². The normalized spacial score (nSPS) is 19.2. The summed E-state index contributed by atoms with van der Waals surface area (Å²) in [5, 5.41) is 0. The molecule has 0 amide bonds. The average molecular weight is 248 g/mol. The SMILES string of the molecule is CC.CN1CCC(c2ccccc2)(N(C)C)CC1. The van der Waals surface area contributed by atoms with Crippen LogP contribution in [0, 0.1) is 0 Å². The molecule has 102 valence electrons. The first-order valence-electron chi connectivity index (χ1n) is 7.07. The largest absolute Gasteiger partial charge is 0.306 e. The van der Waals surface area contributed by atoms with Gasteiger partial charge in [-0.1, -0.05) is 44.2 Å². The van der Waals surface area contributed by atoms with Gasteiger partial charge in [-0.25, -0.2) is 0 Å². The van der Waals surface area contributed by atoms with Crippen LogP contribution in [0.1, 0.15) is 32.3 Å². The molecule has 2 heteroatoms. The van der Waals surface area contributed by atoms with E-state index in [0.717, 1.165) is 0 Å². The summed E-state index contributed by atoms with van der Waals surface area (Å²) in [6.45, 7) is 6.38. The highest BCUT2D eigenvalue weighted by Crippen LogP contribution is 2.36. The number of piperidine rings is 1. The zero-order valence-electron chi connectivity index (χ0n) is 12.6. The highest BCUT2D eigenvalue weighted by Gasteiger charge is 2.36. The predicted octanol–water partition coefficient (Wildman–Crippen LogP) is 3.20. The van der Waals surface area contributed by atoms with E-state index in [-0.39, 0.29) is 5.54 Å². The molecule has 1 aromatic rings. The molecule has 2 nitrogen and oxygen atoms in total. The fourth-order valence-corrected chi connectivity index (χ4v) is 2.73. The van der Waals surface area contributed by atoms with Gasteiger partial charge < -0.3 is 4.90 Å². The molecular weight excluding hydrogens is 220 g/mol. The molecule has 1 aromatic carbocycles. The van der Waals surface area contributed by atoms with Gasteiger partial charge in [0, 0.05) is 5.54 Å². The standard InChI is InChI=1S/C14H22N2.C2H6/c1-15(2)14(9-11-16(3)12-10-14)13-7-5-4-6-8-13;1-2/h4-8H,9-12H2,1-3H3;1-2H3. The molecular formula is C16H28N2. The Labute approximate surface area is 113 Å². The summed E-state index contributed by atoms with van der Waals surface area (Å²) in [5.74, 6) is 0. The van der Waals surface area contributed by atoms with Gasteiger partial charge in [0.25, 0.3) is 0 Å². The third-order valence-electron chi connectivity index (χ3n) is 3.98. The van der Waals surface area contributed by atoms with Gasteiger partial charge in [-0.2, -0.15) is 0 Å². The van der Waals surface area contributed by atoms with Crippen LogP contribution in [-0.2, 0) is 5.54 Å². The summed E-state index contributed by atoms with van der Waals surface area (Å²) in [7, 11) is 6.63. The molecule has 1 saturated heterocycles. The van der Waals surface area contributed by atoms with Gasteiger partial charge >= 0.3 is 0 Å². The first kappa shape index (κ1) is 15.2. The number of hydrogen-bond acceptors (Lipinski definition) is 2. The van der Waals surface area contributed by atoms with Crippen molar-refractivity contribution < 1.29 is 0 Å². The lowest BCUT2D eigenvalue weighted by Crippen LogP contribution is -2.49. The molecule has 0 bridgehead atoms. The van der Waals surface area contributed by atoms with Crippen molar-refractivity contribution in [1.82, 2.24) is 9.80 Å². The molecule has 1 heterocycles. The van der Waals surface area contributed by atoms with Crippen molar-refractivity contribution in [3.05, 3.63) is 35.9 Å². The molecule has 1 aliphatic rings. The van der Waals surface area contributed by atoms with Crippen LogP contribution in [0.3, 0.4) is 0 Å². The second-order valence-corrected chi connectivity index (χ2v) is 5.10. The predicted molar refractivity (Wildman–Crippen MR) is 79.9 cm³/mol. The third kappa shape index (κ3) is 3.12. The molecule has 1 aliphatic heterocycles. The van der Waals surface area contributed by atoms with Gasteiger partial charge in [0.2, 0.25) is 0 Å². The first-order chi connectivity index (χ1) is 8.65. The minimum atomic E-state index is 0.244. The number of hydrogen-bond donors (Lipinski definition) is 0. The summed E-state index contributed by atoms with van der Waals surface area (Å²) in [4.78, 5) is 4.82. The third-order valence-corrected chi connectivity index (χ3v) is 3.98. The lowest BCUT2D eigenvalue weighted by Gasteiger charge is -2.46. The van der Waals surface area contributed by atoms with Gasteiger partial charge in [-0.05, 0) is 52.6 Å². The summed E-state index contributed by atoms with van der Waals surface area (Å²) >= 11 is 0. The van der Waals surface area contributed by atoms with Crippen molar-refractivity contribution in [2.45, 2.75) is 32.2 Å². The molecule has 0 unspecified atom stereocenters.